The van der Waals surface area contributed by atoms with Crippen LogP contribution in [-0.2, 0) is 27.2 Å². The first-order valence-electron chi connectivity index (χ1n) is 15.7. The fourth-order valence-electron chi connectivity index (χ4n) is 5.44. The molecule has 0 bridgehead atoms. The zero-order valence-corrected chi connectivity index (χ0v) is 27.9. The fourth-order valence-corrected chi connectivity index (χ4v) is 5.44. The zero-order valence-electron chi connectivity index (χ0n) is 27.9. The van der Waals surface area contributed by atoms with E-state index in [0.29, 0.717) is 6.07 Å². The van der Waals surface area contributed by atoms with Gasteiger partial charge >= 0.3 is 12.1 Å². The molecule has 1 amide bonds. The number of hydrogen-bond donors (Lipinski definition) is 3. The number of rotatable bonds is 12. The fraction of sp³-hybridized carbons (Fsp3) is 0.371. The molecule has 0 spiro atoms. The van der Waals surface area contributed by atoms with Crippen LogP contribution in [0.4, 0.5) is 30.7 Å². The van der Waals surface area contributed by atoms with Crippen LogP contribution < -0.4 is 20.5 Å². The average Bonchev–Trinajstić information content (AvgIpc) is 3.50. The molecule has 3 heterocycles. The number of aromatic nitrogens is 2. The summed E-state index contributed by atoms with van der Waals surface area (Å²) in [6.45, 7) is -2.07. The van der Waals surface area contributed by atoms with Gasteiger partial charge in [0.2, 0.25) is 5.60 Å². The Balaban J connectivity index is 1.49. The first kappa shape index (κ1) is 38.2. The lowest BCUT2D eigenvalue weighted by molar-refractivity contribution is -0.265. The molecule has 4 N–H and O–H groups in total. The minimum Gasteiger partial charge on any atom is -0.494 e. The molecular weight excluding hydrogens is 705 g/mol. The van der Waals surface area contributed by atoms with Crippen molar-refractivity contribution in [3.63, 3.8) is 0 Å². The van der Waals surface area contributed by atoms with Gasteiger partial charge in [-0.05, 0) is 54.4 Å². The van der Waals surface area contributed by atoms with Crippen LogP contribution in [0.2, 0.25) is 0 Å². The zero-order chi connectivity index (χ0) is 38.2. The molecule has 2 unspecified atom stereocenters. The minimum atomic E-state index is -5.53. The monoisotopic (exact) mass is 738 g/mol. The van der Waals surface area contributed by atoms with Crippen LogP contribution in [0.3, 0.4) is 0 Å². The summed E-state index contributed by atoms with van der Waals surface area (Å²) in [6, 6.07) is 7.16. The summed E-state index contributed by atoms with van der Waals surface area (Å²) in [4.78, 5) is 33.6. The number of aliphatic hydroxyl groups is 1. The third-order valence-electron chi connectivity index (χ3n) is 8.80. The summed E-state index contributed by atoms with van der Waals surface area (Å²) in [5.41, 5.74) is -2.60. The van der Waals surface area contributed by atoms with E-state index in [1.807, 2.05) is 5.32 Å². The number of pyridine rings is 2. The third kappa shape index (κ3) is 7.06. The van der Waals surface area contributed by atoms with Crippen LogP contribution in [0, 0.1) is 17.6 Å². The number of benzene rings is 2. The van der Waals surface area contributed by atoms with E-state index < -0.39 is 85.5 Å². The standard InChI is InChI=1S/C35H33F7N4O6/c1-17(2)27(43)32(48)51-12-24-23(39)9-19-8-20(10-25(50-3)28(19)45-24)31(47)44-15-34(49,35(40,41)42)26-11-22-30(52-16-33(22,13-36)14-37)29(46-26)18-4-6-21(38)7-5-18/h4-11,17,27,49H,12-16,43H2,1-3H3,(H,44,47). The van der Waals surface area contributed by atoms with E-state index in [-0.39, 0.29) is 56.4 Å². The predicted molar refractivity (Wildman–Crippen MR) is 172 cm³/mol. The lowest BCUT2D eigenvalue weighted by Crippen LogP contribution is -2.51. The van der Waals surface area contributed by atoms with Crippen molar-refractivity contribution in [1.29, 1.82) is 0 Å². The average molecular weight is 739 g/mol. The maximum atomic E-state index is 15.0. The summed E-state index contributed by atoms with van der Waals surface area (Å²) >= 11 is 0. The second-order valence-electron chi connectivity index (χ2n) is 12.7. The van der Waals surface area contributed by atoms with Crippen molar-refractivity contribution in [2.24, 2.45) is 11.7 Å². The number of fused-ring (bicyclic) bond motifs is 2. The first-order valence-corrected chi connectivity index (χ1v) is 15.7. The summed E-state index contributed by atoms with van der Waals surface area (Å²) in [5.74, 6) is -4.18. The number of alkyl halides is 5. The number of halogens is 7. The molecule has 0 saturated carbocycles. The summed E-state index contributed by atoms with van der Waals surface area (Å²) in [6.07, 6.45) is -5.53. The molecule has 4 aromatic rings. The number of nitrogens with zero attached hydrogens (tertiary/aromatic N) is 2. The van der Waals surface area contributed by atoms with Crippen LogP contribution >= 0.6 is 0 Å². The highest BCUT2D eigenvalue weighted by molar-refractivity contribution is 6.00. The van der Waals surface area contributed by atoms with Crippen molar-refractivity contribution >= 4 is 22.8 Å². The Morgan fingerprint density at radius 2 is 1.73 bits per heavy atom. The van der Waals surface area contributed by atoms with Crippen molar-refractivity contribution < 1.29 is 59.6 Å². The Morgan fingerprint density at radius 1 is 1.06 bits per heavy atom. The Morgan fingerprint density at radius 3 is 2.33 bits per heavy atom. The Labute approximate surface area is 292 Å². The van der Waals surface area contributed by atoms with Crippen LogP contribution in [0.25, 0.3) is 22.2 Å². The number of carbonyl (C=O) groups is 2. The second kappa shape index (κ2) is 14.5. The topological polar surface area (TPSA) is 146 Å². The van der Waals surface area contributed by atoms with Gasteiger partial charge in [0.05, 0.1) is 24.8 Å². The molecule has 5 rings (SSSR count). The maximum Gasteiger partial charge on any atom is 0.424 e. The van der Waals surface area contributed by atoms with Crippen LogP contribution in [-0.4, -0.2) is 72.8 Å². The number of nitrogens with one attached hydrogen (secondary N) is 1. The van der Waals surface area contributed by atoms with Gasteiger partial charge in [-0.2, -0.15) is 13.2 Å². The highest BCUT2D eigenvalue weighted by Gasteiger charge is 2.57. The van der Waals surface area contributed by atoms with Gasteiger partial charge in [0.15, 0.2) is 0 Å². The molecule has 1 aliphatic rings. The van der Waals surface area contributed by atoms with Gasteiger partial charge in [0, 0.05) is 22.1 Å². The highest BCUT2D eigenvalue weighted by Crippen LogP contribution is 2.48. The smallest absolute Gasteiger partial charge is 0.424 e. The van der Waals surface area contributed by atoms with Crippen molar-refractivity contribution in [2.75, 3.05) is 33.6 Å². The van der Waals surface area contributed by atoms with Gasteiger partial charge in [-0.25, -0.2) is 27.5 Å². The van der Waals surface area contributed by atoms with Crippen LogP contribution in [0.5, 0.6) is 11.5 Å². The van der Waals surface area contributed by atoms with E-state index in [1.165, 1.54) is 7.11 Å². The lowest BCUT2D eigenvalue weighted by atomic mass is 9.82. The molecule has 0 aliphatic carbocycles. The molecule has 0 saturated heterocycles. The molecule has 17 heteroatoms. The number of amides is 1. The van der Waals surface area contributed by atoms with Gasteiger partial charge in [0.25, 0.3) is 5.91 Å². The predicted octanol–water partition coefficient (Wildman–Crippen LogP) is 5.36. The highest BCUT2D eigenvalue weighted by atomic mass is 19.4. The number of nitrogens with two attached hydrogens (primary N) is 1. The quantitative estimate of drug-likeness (QED) is 0.129. The maximum absolute atomic E-state index is 15.0. The number of methoxy groups -OCH3 is 1. The second-order valence-corrected chi connectivity index (χ2v) is 12.7. The summed E-state index contributed by atoms with van der Waals surface area (Å²) in [7, 11) is 1.20. The molecule has 10 nitrogen and oxygen atoms in total. The van der Waals surface area contributed by atoms with E-state index in [9.17, 15) is 41.0 Å². The van der Waals surface area contributed by atoms with E-state index in [2.05, 4.69) is 9.97 Å². The third-order valence-corrected chi connectivity index (χ3v) is 8.80. The Hall–Kier alpha value is -5.03. The van der Waals surface area contributed by atoms with E-state index in [4.69, 9.17) is 19.9 Å². The van der Waals surface area contributed by atoms with Crippen molar-refractivity contribution in [3.8, 4) is 22.8 Å². The number of ether oxygens (including phenoxy) is 3. The molecule has 0 fully saturated rings. The van der Waals surface area contributed by atoms with Gasteiger partial charge in [-0.3, -0.25) is 9.59 Å². The van der Waals surface area contributed by atoms with Gasteiger partial charge < -0.3 is 30.4 Å². The van der Waals surface area contributed by atoms with Crippen LogP contribution in [0.1, 0.15) is 41.2 Å². The lowest BCUT2D eigenvalue weighted by Gasteiger charge is -2.31. The normalized spacial score (nSPS) is 15.5. The molecule has 2 aromatic carbocycles. The SMILES string of the molecule is COc1cc(C(=O)NCC(O)(c2cc3c(c(-c4ccc(F)cc4)n2)OCC3(CF)CF)C(F)(F)F)cc2cc(F)c(COC(=O)C(N)C(C)C)nc12. The number of esters is 1. The van der Waals surface area contributed by atoms with Gasteiger partial charge in [0.1, 0.15) is 72.6 Å². The van der Waals surface area contributed by atoms with E-state index in [0.717, 1.165) is 42.5 Å². The Kier molecular flexibility index (Phi) is 10.7. The number of hydrogen-bond acceptors (Lipinski definition) is 9. The summed E-state index contributed by atoms with van der Waals surface area (Å²) in [5, 5.41) is 13.2. The molecule has 2 aromatic heterocycles. The molecule has 1 aliphatic heterocycles. The van der Waals surface area contributed by atoms with E-state index >= 15 is 4.39 Å². The largest absolute Gasteiger partial charge is 0.494 e. The first-order chi connectivity index (χ1) is 24.5. The molecule has 278 valence electrons. The summed E-state index contributed by atoms with van der Waals surface area (Å²) < 4.78 is 117. The van der Waals surface area contributed by atoms with Crippen LogP contribution in [0.15, 0.2) is 48.5 Å². The minimum absolute atomic E-state index is 0.0138. The molecule has 2 atom stereocenters. The molecular formula is C35H33F7N4O6. The van der Waals surface area contributed by atoms with Gasteiger partial charge in [-0.15, -0.1) is 0 Å². The molecule has 52 heavy (non-hydrogen) atoms. The Bertz CT molecular complexity index is 1990. The number of carbonyl (C=O) groups excluding carboxylic acids is 2. The van der Waals surface area contributed by atoms with E-state index in [1.54, 1.807) is 13.8 Å². The van der Waals surface area contributed by atoms with Crippen molar-refractivity contribution in [2.45, 2.75) is 43.7 Å². The van der Waals surface area contributed by atoms with Gasteiger partial charge in [-0.1, -0.05) is 13.8 Å². The molecule has 0 radical (unpaired) electrons. The van der Waals surface area contributed by atoms with Crippen molar-refractivity contribution in [1.82, 2.24) is 15.3 Å². The van der Waals surface area contributed by atoms with Crippen molar-refractivity contribution in [3.05, 3.63) is 82.7 Å².